The molecule has 1 N–H and O–H groups in total. The molecule has 0 aromatic rings. The number of carbonyl (C=O) groups excluding carboxylic acids is 2. The number of likely N-dealkylation sites (N-methyl/N-ethyl adjacent to an activating group) is 1. The van der Waals surface area contributed by atoms with Crippen LogP contribution in [0.5, 0.6) is 0 Å². The highest BCUT2D eigenvalue weighted by molar-refractivity contribution is 6.04. The zero-order valence-corrected chi connectivity index (χ0v) is 4.50. The Morgan fingerprint density at radius 1 is 1.89 bits per heavy atom. The number of likely N-dealkylation sites (tertiary alicyclic amines) is 1. The van der Waals surface area contributed by atoms with Gasteiger partial charge in [0.1, 0.15) is 6.10 Å². The Labute approximate surface area is 56.3 Å². The van der Waals surface area contributed by atoms with E-state index in [-0.39, 0.29) is 4.90 Å². The van der Waals surface area contributed by atoms with Crippen molar-refractivity contribution < 1.29 is 18.8 Å². The minimum atomic E-state index is -2.77. The van der Waals surface area contributed by atoms with E-state index >= 15 is 0 Å². The number of amides is 2. The largest absolute Gasteiger partial charge is 0.383 e. The molecule has 0 aromatic carbocycles. The van der Waals surface area contributed by atoms with Gasteiger partial charge in [-0.15, -0.1) is 0 Å². The van der Waals surface area contributed by atoms with Crippen LogP contribution in [0.15, 0.2) is 0 Å². The summed E-state index contributed by atoms with van der Waals surface area (Å²) in [5.74, 6) is -1.90. The molecule has 0 spiro atoms. The van der Waals surface area contributed by atoms with Gasteiger partial charge in [-0.2, -0.15) is 0 Å². The van der Waals surface area contributed by atoms with Crippen molar-refractivity contribution in [2.75, 3.05) is 6.98 Å². The predicted octanol–water partition coefficient (Wildman–Crippen LogP) is -1.26. The van der Waals surface area contributed by atoms with Crippen LogP contribution in [0.3, 0.4) is 0 Å². The number of hydrogen-bond donors (Lipinski definition) is 1. The number of imide groups is 1. The smallest absolute Gasteiger partial charge is 0.258 e. The second kappa shape index (κ2) is 1.80. The van der Waals surface area contributed by atoms with Crippen LogP contribution < -0.4 is 0 Å². The quantitative estimate of drug-likeness (QED) is 0.418. The number of aliphatic hydroxyl groups is 1. The third-order valence-electron chi connectivity index (χ3n) is 1.12. The summed E-state index contributed by atoms with van der Waals surface area (Å²) < 4.78 is 20.4. The van der Waals surface area contributed by atoms with Crippen molar-refractivity contribution in [1.82, 2.24) is 4.90 Å². The zero-order valence-electron chi connectivity index (χ0n) is 7.50. The van der Waals surface area contributed by atoms with Crippen LogP contribution in [-0.4, -0.2) is 34.9 Å². The van der Waals surface area contributed by atoms with Crippen molar-refractivity contribution in [2.45, 2.75) is 12.5 Å². The highest BCUT2D eigenvalue weighted by Crippen LogP contribution is 2.08. The van der Waals surface area contributed by atoms with Gasteiger partial charge in [-0.3, -0.25) is 14.5 Å². The van der Waals surface area contributed by atoms with Gasteiger partial charge in [0.2, 0.25) is 5.91 Å². The maximum Gasteiger partial charge on any atom is 0.258 e. The van der Waals surface area contributed by atoms with Crippen molar-refractivity contribution in [3.8, 4) is 0 Å². The van der Waals surface area contributed by atoms with E-state index in [1.54, 1.807) is 0 Å². The molecule has 1 aliphatic rings. The van der Waals surface area contributed by atoms with Crippen LogP contribution in [0.4, 0.5) is 0 Å². The summed E-state index contributed by atoms with van der Waals surface area (Å²) >= 11 is 0. The maximum absolute atomic E-state index is 10.9. The molecular formula is C5H7NO3. The van der Waals surface area contributed by atoms with Gasteiger partial charge in [0.05, 0.1) is 6.42 Å². The summed E-state index contributed by atoms with van der Waals surface area (Å²) in [6.45, 7) is -2.77. The number of nitrogens with zero attached hydrogens (tertiary/aromatic N) is 1. The van der Waals surface area contributed by atoms with E-state index in [1.807, 2.05) is 0 Å². The molecule has 1 aliphatic heterocycles. The average Bonchev–Trinajstić information content (AvgIpc) is 2.05. The summed E-state index contributed by atoms with van der Waals surface area (Å²) in [6.07, 6.45) is -1.92. The number of rotatable bonds is 0. The standard InChI is InChI=1S/C5H7NO3/c1-6-4(8)2-3(7)5(6)9/h3,7H,2H2,1H3/t3-/m0/s1/i1D3. The van der Waals surface area contributed by atoms with Crippen molar-refractivity contribution >= 4 is 11.8 Å². The molecule has 1 heterocycles. The molecule has 0 unspecified atom stereocenters. The second-order valence-electron chi connectivity index (χ2n) is 1.79. The first kappa shape index (κ1) is 3.31. The van der Waals surface area contributed by atoms with Crippen LogP contribution in [-0.2, 0) is 9.59 Å². The SMILES string of the molecule is [2H]C([2H])([2H])N1C(=O)C[C@H](O)C1=O. The van der Waals surface area contributed by atoms with Crippen molar-refractivity contribution in [2.24, 2.45) is 0 Å². The molecule has 0 bridgehead atoms. The van der Waals surface area contributed by atoms with Gasteiger partial charge >= 0.3 is 0 Å². The number of hydrogen-bond acceptors (Lipinski definition) is 3. The van der Waals surface area contributed by atoms with E-state index in [0.717, 1.165) is 0 Å². The zero-order chi connectivity index (χ0) is 9.52. The Morgan fingerprint density at radius 2 is 2.56 bits per heavy atom. The van der Waals surface area contributed by atoms with Gasteiger partial charge in [0, 0.05) is 11.1 Å². The van der Waals surface area contributed by atoms with Crippen molar-refractivity contribution in [3.63, 3.8) is 0 Å². The molecular weight excluding hydrogens is 122 g/mol. The highest BCUT2D eigenvalue weighted by atomic mass is 16.3. The van der Waals surface area contributed by atoms with Gasteiger partial charge in [-0.1, -0.05) is 0 Å². The van der Waals surface area contributed by atoms with Crippen molar-refractivity contribution in [3.05, 3.63) is 0 Å². The molecule has 2 amide bonds. The molecule has 9 heavy (non-hydrogen) atoms. The fourth-order valence-corrected chi connectivity index (χ4v) is 0.616. The van der Waals surface area contributed by atoms with Crippen molar-refractivity contribution in [1.29, 1.82) is 0 Å². The van der Waals surface area contributed by atoms with Crippen LogP contribution >= 0.6 is 0 Å². The molecule has 1 fully saturated rings. The Hall–Kier alpha value is -0.900. The first-order valence-corrected chi connectivity index (χ1v) is 2.39. The second-order valence-corrected chi connectivity index (χ2v) is 1.79. The molecule has 1 rings (SSSR count). The maximum atomic E-state index is 10.9. The molecule has 1 atom stereocenters. The average molecular weight is 132 g/mol. The highest BCUT2D eigenvalue weighted by Gasteiger charge is 2.33. The first-order chi connectivity index (χ1) is 5.34. The van der Waals surface area contributed by atoms with E-state index in [0.29, 0.717) is 0 Å². The topological polar surface area (TPSA) is 57.6 Å². The Balaban J connectivity index is 2.92. The lowest BCUT2D eigenvalue weighted by molar-refractivity contribution is -0.139. The Kier molecular flexibility index (Phi) is 0.664. The van der Waals surface area contributed by atoms with Crippen LogP contribution in [0, 0.1) is 0 Å². The molecule has 1 saturated heterocycles. The summed E-state index contributed by atoms with van der Waals surface area (Å²) in [7, 11) is 0. The monoisotopic (exact) mass is 132 g/mol. The van der Waals surface area contributed by atoms with Gasteiger partial charge in [0.15, 0.2) is 0 Å². The van der Waals surface area contributed by atoms with Gasteiger partial charge < -0.3 is 5.11 Å². The molecule has 0 aliphatic carbocycles. The lowest BCUT2D eigenvalue weighted by Crippen LogP contribution is -2.27. The van der Waals surface area contributed by atoms with E-state index in [1.165, 1.54) is 0 Å². The summed E-state index contributed by atoms with van der Waals surface area (Å²) in [4.78, 5) is 21.8. The van der Waals surface area contributed by atoms with Gasteiger partial charge in [-0.25, -0.2) is 0 Å². The predicted molar refractivity (Wildman–Crippen MR) is 28.4 cm³/mol. The number of carbonyl (C=O) groups is 2. The molecule has 0 saturated carbocycles. The van der Waals surface area contributed by atoms with Gasteiger partial charge in [-0.05, 0) is 0 Å². The van der Waals surface area contributed by atoms with E-state index in [4.69, 9.17) is 9.22 Å². The third kappa shape index (κ3) is 0.810. The number of aliphatic hydroxyl groups excluding tert-OH is 1. The fraction of sp³-hybridized carbons (Fsp3) is 0.600. The first-order valence-electron chi connectivity index (χ1n) is 3.89. The summed E-state index contributed by atoms with van der Waals surface area (Å²) in [6, 6.07) is 0. The minimum Gasteiger partial charge on any atom is -0.383 e. The lowest BCUT2D eigenvalue weighted by atomic mass is 10.3. The van der Waals surface area contributed by atoms with E-state index in [9.17, 15) is 9.59 Å². The van der Waals surface area contributed by atoms with Crippen LogP contribution in [0.1, 0.15) is 10.5 Å². The molecule has 0 radical (unpaired) electrons. The summed E-state index contributed by atoms with van der Waals surface area (Å²) in [5, 5.41) is 8.84. The third-order valence-corrected chi connectivity index (χ3v) is 1.12. The van der Waals surface area contributed by atoms with E-state index in [2.05, 4.69) is 0 Å². The normalized spacial score (nSPS) is 34.1. The summed E-state index contributed by atoms with van der Waals surface area (Å²) in [5.41, 5.74) is 0. The lowest BCUT2D eigenvalue weighted by Gasteiger charge is -2.02. The van der Waals surface area contributed by atoms with E-state index < -0.39 is 31.3 Å². The molecule has 50 valence electrons. The fourth-order valence-electron chi connectivity index (χ4n) is 0.616. The Bertz CT molecular complexity index is 237. The van der Waals surface area contributed by atoms with Crippen LogP contribution in [0.25, 0.3) is 0 Å². The molecule has 4 heteroatoms. The van der Waals surface area contributed by atoms with Crippen LogP contribution in [0.2, 0.25) is 0 Å². The van der Waals surface area contributed by atoms with Gasteiger partial charge in [0.25, 0.3) is 5.91 Å². The molecule has 4 nitrogen and oxygen atoms in total. The Morgan fingerprint density at radius 3 is 2.78 bits per heavy atom. The molecule has 0 aromatic heterocycles. The minimum absolute atomic E-state index is 0.123.